The number of alkyl carbamates (subject to hydrolysis) is 1. The number of aliphatic carboxylic acids is 1. The Morgan fingerprint density at radius 1 is 1.37 bits per heavy atom. The summed E-state index contributed by atoms with van der Waals surface area (Å²) < 4.78 is 5.12. The number of carbonyl (C=O) groups excluding carboxylic acids is 1. The van der Waals surface area contributed by atoms with Gasteiger partial charge in [0.15, 0.2) is 0 Å². The Morgan fingerprint density at radius 3 is 2.21 bits per heavy atom. The maximum absolute atomic E-state index is 11.8. The van der Waals surface area contributed by atoms with Crippen molar-refractivity contribution in [1.82, 2.24) is 5.32 Å². The number of rotatable bonds is 6. The zero-order valence-electron chi connectivity index (χ0n) is 12.4. The molecular weight excluding hydrogens is 246 g/mol. The van der Waals surface area contributed by atoms with Crippen molar-refractivity contribution in [1.29, 1.82) is 0 Å². The molecule has 0 aliphatic carbocycles. The van der Waals surface area contributed by atoms with Crippen molar-refractivity contribution < 1.29 is 19.4 Å². The molecule has 1 amide bonds. The quantitative estimate of drug-likeness (QED) is 0.728. The van der Waals surface area contributed by atoms with Crippen LogP contribution in [0.25, 0.3) is 0 Å². The number of hydrogen-bond acceptors (Lipinski definition) is 3. The maximum Gasteiger partial charge on any atom is 0.408 e. The van der Waals surface area contributed by atoms with Crippen LogP contribution in [0, 0.1) is 5.92 Å². The topological polar surface area (TPSA) is 75.6 Å². The van der Waals surface area contributed by atoms with Crippen LogP contribution in [-0.4, -0.2) is 28.3 Å². The van der Waals surface area contributed by atoms with Gasteiger partial charge in [0.25, 0.3) is 0 Å². The van der Waals surface area contributed by atoms with Crippen LogP contribution in [0.15, 0.2) is 12.7 Å². The van der Waals surface area contributed by atoms with E-state index in [1.54, 1.807) is 20.8 Å². The molecule has 0 spiro atoms. The molecule has 0 fully saturated rings. The number of carbonyl (C=O) groups is 2. The second kappa shape index (κ2) is 6.59. The van der Waals surface area contributed by atoms with Gasteiger partial charge in [0.05, 0.1) is 0 Å². The van der Waals surface area contributed by atoms with Gasteiger partial charge in [-0.3, -0.25) is 0 Å². The first-order valence-electron chi connectivity index (χ1n) is 6.38. The Kier molecular flexibility index (Phi) is 6.06. The standard InChI is InChI=1S/C14H25NO4/c1-7-8-14(11(16)17,9-10(2)3)15-12(18)19-13(4,5)6/h7,10H,1,8-9H2,2-6H3,(H,15,18)(H,16,17). The number of ether oxygens (including phenoxy) is 1. The maximum atomic E-state index is 11.8. The van der Waals surface area contributed by atoms with Gasteiger partial charge in [-0.25, -0.2) is 9.59 Å². The first-order chi connectivity index (χ1) is 8.52. The van der Waals surface area contributed by atoms with Gasteiger partial charge in [0.1, 0.15) is 11.1 Å². The normalized spacial score (nSPS) is 14.6. The minimum absolute atomic E-state index is 0.117. The van der Waals surface area contributed by atoms with E-state index in [0.717, 1.165) is 0 Å². The van der Waals surface area contributed by atoms with Gasteiger partial charge >= 0.3 is 12.1 Å². The fraction of sp³-hybridized carbons (Fsp3) is 0.714. The Balaban J connectivity index is 5.07. The summed E-state index contributed by atoms with van der Waals surface area (Å²) in [5.74, 6) is -0.960. The van der Waals surface area contributed by atoms with E-state index in [9.17, 15) is 14.7 Å². The van der Waals surface area contributed by atoms with Gasteiger partial charge in [0.2, 0.25) is 0 Å². The predicted octanol–water partition coefficient (Wildman–Crippen LogP) is 2.96. The molecule has 0 saturated heterocycles. The Hall–Kier alpha value is -1.52. The molecule has 19 heavy (non-hydrogen) atoms. The number of carboxylic acids is 1. The first kappa shape index (κ1) is 17.5. The van der Waals surface area contributed by atoms with Gasteiger partial charge in [0, 0.05) is 0 Å². The van der Waals surface area contributed by atoms with Crippen molar-refractivity contribution in [2.75, 3.05) is 0 Å². The number of hydrogen-bond donors (Lipinski definition) is 2. The minimum atomic E-state index is -1.36. The SMILES string of the molecule is C=CCC(CC(C)C)(NC(=O)OC(C)(C)C)C(=O)O. The van der Waals surface area contributed by atoms with Crippen LogP contribution in [0.1, 0.15) is 47.5 Å². The lowest BCUT2D eigenvalue weighted by Crippen LogP contribution is -2.56. The van der Waals surface area contributed by atoms with Crippen LogP contribution in [-0.2, 0) is 9.53 Å². The van der Waals surface area contributed by atoms with Gasteiger partial charge in [-0.1, -0.05) is 19.9 Å². The lowest BCUT2D eigenvalue weighted by atomic mass is 9.86. The molecule has 0 aliphatic heterocycles. The van der Waals surface area contributed by atoms with E-state index in [-0.39, 0.29) is 12.3 Å². The lowest BCUT2D eigenvalue weighted by Gasteiger charge is -2.32. The van der Waals surface area contributed by atoms with Crippen molar-refractivity contribution in [3.63, 3.8) is 0 Å². The molecule has 0 radical (unpaired) electrons. The van der Waals surface area contributed by atoms with E-state index >= 15 is 0 Å². The summed E-state index contributed by atoms with van der Waals surface area (Å²) in [6.07, 6.45) is 1.23. The van der Waals surface area contributed by atoms with Crippen LogP contribution < -0.4 is 5.32 Å². The highest BCUT2D eigenvalue weighted by Gasteiger charge is 2.40. The molecule has 0 bridgehead atoms. The van der Waals surface area contributed by atoms with Crippen molar-refractivity contribution in [2.24, 2.45) is 5.92 Å². The van der Waals surface area contributed by atoms with Crippen molar-refractivity contribution >= 4 is 12.1 Å². The molecule has 0 aromatic heterocycles. The largest absolute Gasteiger partial charge is 0.479 e. The zero-order valence-corrected chi connectivity index (χ0v) is 12.4. The predicted molar refractivity (Wildman–Crippen MR) is 74.0 cm³/mol. The molecule has 5 nitrogen and oxygen atoms in total. The van der Waals surface area contributed by atoms with Crippen LogP contribution in [0.4, 0.5) is 4.79 Å². The summed E-state index contributed by atoms with van der Waals surface area (Å²) in [7, 11) is 0. The van der Waals surface area contributed by atoms with E-state index in [1.165, 1.54) is 6.08 Å². The molecule has 0 aromatic rings. The summed E-state index contributed by atoms with van der Waals surface area (Å²) in [6.45, 7) is 12.5. The Bertz CT molecular complexity index is 344. The molecule has 0 rings (SSSR count). The average Bonchev–Trinajstić information content (AvgIpc) is 2.12. The number of carboxylic acid groups (broad SMARTS) is 1. The molecule has 110 valence electrons. The molecule has 0 saturated carbocycles. The number of nitrogens with one attached hydrogen (secondary N) is 1. The van der Waals surface area contributed by atoms with Gasteiger partial charge in [-0.05, 0) is 39.5 Å². The molecule has 0 aliphatic rings. The summed E-state index contributed by atoms with van der Waals surface area (Å²) >= 11 is 0. The fourth-order valence-electron chi connectivity index (χ4n) is 1.86. The third-order valence-corrected chi connectivity index (χ3v) is 2.40. The van der Waals surface area contributed by atoms with E-state index in [1.807, 2.05) is 13.8 Å². The molecule has 0 heterocycles. The second-order valence-corrected chi connectivity index (χ2v) is 6.10. The fourth-order valence-corrected chi connectivity index (χ4v) is 1.86. The summed E-state index contributed by atoms with van der Waals surface area (Å²) in [5.41, 5.74) is -2.03. The highest BCUT2D eigenvalue weighted by Crippen LogP contribution is 2.23. The molecular formula is C14H25NO4. The smallest absolute Gasteiger partial charge is 0.408 e. The zero-order chi connectivity index (χ0) is 15.3. The van der Waals surface area contributed by atoms with Crippen LogP contribution in [0.2, 0.25) is 0 Å². The average molecular weight is 271 g/mol. The van der Waals surface area contributed by atoms with Gasteiger partial charge in [-0.2, -0.15) is 0 Å². The third kappa shape index (κ3) is 6.27. The van der Waals surface area contributed by atoms with E-state index in [2.05, 4.69) is 11.9 Å². The van der Waals surface area contributed by atoms with E-state index < -0.39 is 23.2 Å². The molecule has 2 N–H and O–H groups in total. The van der Waals surface area contributed by atoms with Crippen LogP contribution in [0.5, 0.6) is 0 Å². The molecule has 5 heteroatoms. The van der Waals surface area contributed by atoms with Crippen molar-refractivity contribution in [3.8, 4) is 0 Å². The minimum Gasteiger partial charge on any atom is -0.479 e. The second-order valence-electron chi connectivity index (χ2n) is 6.10. The Labute approximate surface area is 115 Å². The monoisotopic (exact) mass is 271 g/mol. The number of amides is 1. The Morgan fingerprint density at radius 2 is 1.89 bits per heavy atom. The van der Waals surface area contributed by atoms with Crippen LogP contribution in [0.3, 0.4) is 0 Å². The summed E-state index contributed by atoms with van der Waals surface area (Å²) in [6, 6.07) is 0. The summed E-state index contributed by atoms with van der Waals surface area (Å²) in [5, 5.41) is 11.9. The molecule has 0 aromatic carbocycles. The third-order valence-electron chi connectivity index (χ3n) is 2.40. The summed E-state index contributed by atoms with van der Waals surface area (Å²) in [4.78, 5) is 23.3. The van der Waals surface area contributed by atoms with Gasteiger partial charge in [-0.15, -0.1) is 6.58 Å². The van der Waals surface area contributed by atoms with E-state index in [0.29, 0.717) is 6.42 Å². The lowest BCUT2D eigenvalue weighted by molar-refractivity contribution is -0.145. The van der Waals surface area contributed by atoms with Crippen molar-refractivity contribution in [3.05, 3.63) is 12.7 Å². The van der Waals surface area contributed by atoms with Gasteiger partial charge < -0.3 is 15.2 Å². The van der Waals surface area contributed by atoms with Crippen molar-refractivity contribution in [2.45, 2.75) is 58.6 Å². The van der Waals surface area contributed by atoms with E-state index in [4.69, 9.17) is 4.74 Å². The highest BCUT2D eigenvalue weighted by atomic mass is 16.6. The first-order valence-corrected chi connectivity index (χ1v) is 6.38. The molecule has 1 atom stereocenters. The highest BCUT2D eigenvalue weighted by molar-refractivity contribution is 5.84. The van der Waals surface area contributed by atoms with Crippen LogP contribution >= 0.6 is 0 Å². The molecule has 1 unspecified atom stereocenters.